The van der Waals surface area contributed by atoms with Crippen LogP contribution in [0, 0.1) is 3.95 Å². The van der Waals surface area contributed by atoms with Gasteiger partial charge in [-0.3, -0.25) is 0 Å². The number of anilines is 1. The van der Waals surface area contributed by atoms with Gasteiger partial charge in [0, 0.05) is 16.7 Å². The number of hydrogen-bond acceptors (Lipinski definition) is 5. The highest BCUT2D eigenvalue weighted by Gasteiger charge is 2.26. The van der Waals surface area contributed by atoms with E-state index in [1.54, 1.807) is 11.3 Å². The summed E-state index contributed by atoms with van der Waals surface area (Å²) in [6, 6.07) is 0. The molecule has 3 rings (SSSR count). The first-order chi connectivity index (χ1) is 5.75. The van der Waals surface area contributed by atoms with Crippen molar-refractivity contribution in [2.45, 2.75) is 6.42 Å². The molecule has 1 aliphatic carbocycles. The number of thiophene rings is 1. The Morgan fingerprint density at radius 3 is 3.08 bits per heavy atom. The quantitative estimate of drug-likeness (QED) is 0.582. The third kappa shape index (κ3) is 0.784. The Hall–Kier alpha value is -0.520. The Morgan fingerprint density at radius 2 is 2.25 bits per heavy atom. The van der Waals surface area contributed by atoms with Gasteiger partial charge >= 0.3 is 0 Å². The van der Waals surface area contributed by atoms with Crippen LogP contribution in [-0.4, -0.2) is 4.98 Å². The third-order valence-electron chi connectivity index (χ3n) is 1.92. The van der Waals surface area contributed by atoms with Crippen LogP contribution >= 0.6 is 34.9 Å². The Balaban J connectivity index is 2.61. The van der Waals surface area contributed by atoms with Crippen molar-refractivity contribution >= 4 is 50.1 Å². The van der Waals surface area contributed by atoms with Crippen molar-refractivity contribution in [3.05, 3.63) is 14.4 Å². The van der Waals surface area contributed by atoms with Gasteiger partial charge in [0.25, 0.3) is 0 Å². The van der Waals surface area contributed by atoms with Gasteiger partial charge in [-0.2, -0.15) is 0 Å². The molecule has 2 aromatic heterocycles. The van der Waals surface area contributed by atoms with E-state index >= 15 is 0 Å². The van der Waals surface area contributed by atoms with Crippen molar-refractivity contribution in [1.82, 2.24) is 4.98 Å². The molecule has 0 unspecified atom stereocenters. The van der Waals surface area contributed by atoms with Crippen molar-refractivity contribution < 1.29 is 0 Å². The maximum Gasteiger partial charge on any atom is 0.183 e. The summed E-state index contributed by atoms with van der Waals surface area (Å²) in [6.45, 7) is 0. The standard InChI is InChI=1S/C7H4N2S3/c8-5-4-2-1-3(2)11-6(4)9-7(10)12-5/h1,8H2. The summed E-state index contributed by atoms with van der Waals surface area (Å²) in [7, 11) is 0. The largest absolute Gasteiger partial charge is 0.390 e. The van der Waals surface area contributed by atoms with Crippen molar-refractivity contribution in [3.8, 4) is 0 Å². The van der Waals surface area contributed by atoms with Crippen molar-refractivity contribution in [3.63, 3.8) is 0 Å². The van der Waals surface area contributed by atoms with E-state index in [0.29, 0.717) is 3.95 Å². The minimum absolute atomic E-state index is 0.640. The first-order valence-corrected chi connectivity index (χ1v) is 5.50. The normalized spacial score (nSPS) is 13.3. The van der Waals surface area contributed by atoms with Crippen LogP contribution in [0.2, 0.25) is 0 Å². The Labute approximate surface area is 81.7 Å². The molecule has 60 valence electrons. The lowest BCUT2D eigenvalue weighted by Gasteiger charge is -1.93. The molecule has 1 aliphatic rings. The zero-order valence-corrected chi connectivity index (χ0v) is 8.41. The summed E-state index contributed by atoms with van der Waals surface area (Å²) in [5, 5.41) is 1.99. The minimum Gasteiger partial charge on any atom is -0.390 e. The number of hydrogen-bond donors (Lipinski definition) is 1. The topological polar surface area (TPSA) is 38.9 Å². The molecule has 0 radical (unpaired) electrons. The average Bonchev–Trinajstić information content (AvgIpc) is 2.60. The summed E-state index contributed by atoms with van der Waals surface area (Å²) in [5.41, 5.74) is 7.25. The van der Waals surface area contributed by atoms with Crippen LogP contribution in [-0.2, 0) is 6.42 Å². The van der Waals surface area contributed by atoms with E-state index in [1.165, 1.54) is 21.8 Å². The third-order valence-corrected chi connectivity index (χ3v) is 4.08. The zero-order chi connectivity index (χ0) is 8.29. The average molecular weight is 212 g/mol. The fourth-order valence-corrected chi connectivity index (χ4v) is 3.66. The number of nitrogens with zero attached hydrogens (tertiary/aromatic N) is 1. The summed E-state index contributed by atoms with van der Waals surface area (Å²) < 4.78 is 0.640. The van der Waals surface area contributed by atoms with Crippen LogP contribution < -0.4 is 5.73 Å². The molecule has 0 fully saturated rings. The van der Waals surface area contributed by atoms with Gasteiger partial charge in [0.05, 0.1) is 5.00 Å². The molecule has 0 amide bonds. The molecule has 0 atom stereocenters. The van der Waals surface area contributed by atoms with Crippen LogP contribution in [0.3, 0.4) is 0 Å². The number of rotatable bonds is 0. The fraction of sp³-hybridized carbons (Fsp3) is 0.143. The molecule has 0 aromatic carbocycles. The van der Waals surface area contributed by atoms with Crippen molar-refractivity contribution in [2.75, 3.05) is 5.73 Å². The molecule has 0 saturated carbocycles. The molecule has 2 nitrogen and oxygen atoms in total. The minimum atomic E-state index is 0.640. The Morgan fingerprint density at radius 1 is 1.42 bits per heavy atom. The summed E-state index contributed by atoms with van der Waals surface area (Å²) in [6.07, 6.45) is 1.12. The van der Waals surface area contributed by atoms with Crippen LogP contribution in [0.1, 0.15) is 10.4 Å². The first-order valence-electron chi connectivity index (χ1n) is 3.46. The molecule has 2 heterocycles. The molecule has 0 bridgehead atoms. The molecule has 12 heavy (non-hydrogen) atoms. The molecule has 2 aromatic rings. The Kier molecular flexibility index (Phi) is 1.18. The smallest absolute Gasteiger partial charge is 0.183 e. The lowest BCUT2D eigenvalue weighted by atomic mass is 10.4. The second-order valence-electron chi connectivity index (χ2n) is 2.70. The van der Waals surface area contributed by atoms with E-state index in [4.69, 9.17) is 18.0 Å². The number of aromatic nitrogens is 1. The molecule has 0 aliphatic heterocycles. The van der Waals surface area contributed by atoms with Gasteiger partial charge in [-0.25, -0.2) is 4.98 Å². The maximum absolute atomic E-state index is 5.85. The van der Waals surface area contributed by atoms with Crippen molar-refractivity contribution in [1.29, 1.82) is 0 Å². The van der Waals surface area contributed by atoms with E-state index in [2.05, 4.69) is 4.98 Å². The van der Waals surface area contributed by atoms with E-state index in [-0.39, 0.29) is 0 Å². The van der Waals surface area contributed by atoms with Crippen LogP contribution in [0.5, 0.6) is 0 Å². The zero-order valence-electron chi connectivity index (χ0n) is 5.96. The highest BCUT2D eigenvalue weighted by Crippen LogP contribution is 2.45. The predicted octanol–water partition coefficient (Wildman–Crippen LogP) is 2.57. The second-order valence-corrected chi connectivity index (χ2v) is 5.46. The predicted molar refractivity (Wildman–Crippen MR) is 55.5 cm³/mol. The first kappa shape index (κ1) is 6.94. The molecule has 5 heteroatoms. The Bertz CT molecular complexity index is 537. The number of nitrogen functional groups attached to an aromatic ring is 1. The summed E-state index contributed by atoms with van der Waals surface area (Å²) in [5.74, 6) is 0. The van der Waals surface area contributed by atoms with E-state index in [9.17, 15) is 0 Å². The molecular formula is C7H4N2S3. The van der Waals surface area contributed by atoms with Crippen LogP contribution in [0.15, 0.2) is 0 Å². The summed E-state index contributed by atoms with van der Waals surface area (Å²) >= 11 is 8.11. The van der Waals surface area contributed by atoms with Gasteiger partial charge in [-0.05, 0) is 17.8 Å². The molecular weight excluding hydrogens is 208 g/mol. The lowest BCUT2D eigenvalue weighted by Crippen LogP contribution is -1.84. The second kappa shape index (κ2) is 2.04. The summed E-state index contributed by atoms with van der Waals surface area (Å²) in [4.78, 5) is 6.72. The van der Waals surface area contributed by atoms with Crippen molar-refractivity contribution in [2.24, 2.45) is 0 Å². The molecule has 0 saturated heterocycles. The van der Waals surface area contributed by atoms with E-state index < -0.39 is 0 Å². The van der Waals surface area contributed by atoms with Gasteiger partial charge in [-0.1, -0.05) is 11.3 Å². The fourth-order valence-electron chi connectivity index (χ4n) is 1.32. The van der Waals surface area contributed by atoms with E-state index in [0.717, 1.165) is 21.6 Å². The lowest BCUT2D eigenvalue weighted by molar-refractivity contribution is 1.48. The monoisotopic (exact) mass is 212 g/mol. The van der Waals surface area contributed by atoms with Crippen LogP contribution in [0.4, 0.5) is 5.00 Å². The van der Waals surface area contributed by atoms with Gasteiger partial charge < -0.3 is 5.73 Å². The highest BCUT2D eigenvalue weighted by atomic mass is 32.1. The SMILES string of the molecule is Nc1sc(=S)nc2sc3c(c12)C3. The number of nitrogens with two attached hydrogens (primary N) is 1. The van der Waals surface area contributed by atoms with Gasteiger partial charge in [0.1, 0.15) is 4.83 Å². The van der Waals surface area contributed by atoms with Gasteiger partial charge in [0.2, 0.25) is 0 Å². The molecule has 2 N–H and O–H groups in total. The molecule has 0 spiro atoms. The van der Waals surface area contributed by atoms with Gasteiger partial charge in [0.15, 0.2) is 3.95 Å². The van der Waals surface area contributed by atoms with Gasteiger partial charge in [-0.15, -0.1) is 11.3 Å². The number of fused-ring (bicyclic) bond motifs is 3. The maximum atomic E-state index is 5.85. The van der Waals surface area contributed by atoms with E-state index in [1.807, 2.05) is 0 Å². The highest BCUT2D eigenvalue weighted by molar-refractivity contribution is 7.73. The van der Waals surface area contributed by atoms with Crippen LogP contribution in [0.25, 0.3) is 10.2 Å².